The normalized spacial score (nSPS) is 10.6. The zero-order chi connectivity index (χ0) is 17.1. The van der Waals surface area contributed by atoms with Gasteiger partial charge in [-0.1, -0.05) is 35.3 Å². The Morgan fingerprint density at radius 2 is 1.83 bits per heavy atom. The van der Waals surface area contributed by atoms with Gasteiger partial charge in [-0.15, -0.1) is 11.3 Å². The van der Waals surface area contributed by atoms with Crippen molar-refractivity contribution in [3.8, 4) is 16.3 Å². The average Bonchev–Trinajstić information content (AvgIpc) is 3.05. The molecule has 24 heavy (non-hydrogen) atoms. The molecule has 1 N–H and O–H groups in total. The first-order valence-corrected chi connectivity index (χ1v) is 8.52. The van der Waals surface area contributed by atoms with E-state index in [9.17, 15) is 4.79 Å². The van der Waals surface area contributed by atoms with Gasteiger partial charge in [0.1, 0.15) is 17.4 Å². The van der Waals surface area contributed by atoms with Crippen molar-refractivity contribution in [2.45, 2.75) is 6.61 Å². The fourth-order valence-corrected chi connectivity index (χ4v) is 3.15. The van der Waals surface area contributed by atoms with Gasteiger partial charge in [0.05, 0.1) is 5.56 Å². The minimum atomic E-state index is -1.07. The van der Waals surface area contributed by atoms with Gasteiger partial charge in [-0.3, -0.25) is 0 Å². The topological polar surface area (TPSA) is 59.4 Å². The van der Waals surface area contributed by atoms with E-state index in [-0.39, 0.29) is 5.69 Å². The number of aromatic nitrogens is 1. The van der Waals surface area contributed by atoms with E-state index in [1.807, 2.05) is 12.1 Å². The lowest BCUT2D eigenvalue weighted by Crippen LogP contribution is -1.98. The number of thiazole rings is 1. The lowest BCUT2D eigenvalue weighted by molar-refractivity contribution is 0.0691. The smallest absolute Gasteiger partial charge is 0.355 e. The van der Waals surface area contributed by atoms with Crippen molar-refractivity contribution in [2.75, 3.05) is 0 Å². The lowest BCUT2D eigenvalue weighted by atomic mass is 10.2. The Kier molecular flexibility index (Phi) is 5.04. The van der Waals surface area contributed by atoms with Crippen LogP contribution in [0.25, 0.3) is 10.6 Å². The highest BCUT2D eigenvalue weighted by atomic mass is 35.5. The summed E-state index contributed by atoms with van der Waals surface area (Å²) < 4.78 is 5.86. The molecule has 0 spiro atoms. The van der Waals surface area contributed by atoms with Gasteiger partial charge in [0.25, 0.3) is 0 Å². The van der Waals surface area contributed by atoms with Gasteiger partial charge in [0.2, 0.25) is 0 Å². The van der Waals surface area contributed by atoms with Gasteiger partial charge < -0.3 is 9.84 Å². The van der Waals surface area contributed by atoms with Crippen molar-refractivity contribution in [3.05, 3.63) is 69.1 Å². The van der Waals surface area contributed by atoms with Crippen LogP contribution in [0.2, 0.25) is 10.0 Å². The maximum absolute atomic E-state index is 11.0. The number of carbonyl (C=O) groups is 1. The molecule has 0 aliphatic heterocycles. The second kappa shape index (κ2) is 7.21. The molecule has 1 aromatic heterocycles. The monoisotopic (exact) mass is 379 g/mol. The molecule has 0 aliphatic carbocycles. The molecule has 0 bridgehead atoms. The van der Waals surface area contributed by atoms with E-state index in [0.29, 0.717) is 33.0 Å². The summed E-state index contributed by atoms with van der Waals surface area (Å²) in [5, 5.41) is 12.2. The molecular weight excluding hydrogens is 369 g/mol. The summed E-state index contributed by atoms with van der Waals surface area (Å²) in [6.45, 7) is 0.350. The molecule has 2 aromatic carbocycles. The van der Waals surface area contributed by atoms with Crippen LogP contribution in [0.1, 0.15) is 16.1 Å². The molecule has 0 atom stereocenters. The van der Waals surface area contributed by atoms with Crippen LogP contribution in [0.3, 0.4) is 0 Å². The summed E-state index contributed by atoms with van der Waals surface area (Å²) in [6, 6.07) is 12.5. The predicted molar refractivity (Wildman–Crippen MR) is 95.3 cm³/mol. The zero-order valence-electron chi connectivity index (χ0n) is 12.2. The second-order valence-electron chi connectivity index (χ2n) is 4.90. The van der Waals surface area contributed by atoms with Gasteiger partial charge >= 0.3 is 5.97 Å². The van der Waals surface area contributed by atoms with Crippen LogP contribution in [0, 0.1) is 0 Å². The number of aromatic carboxylic acids is 1. The Bertz CT molecular complexity index is 878. The van der Waals surface area contributed by atoms with Crippen LogP contribution in [0.4, 0.5) is 0 Å². The molecule has 0 unspecified atom stereocenters. The molecule has 0 radical (unpaired) electrons. The van der Waals surface area contributed by atoms with E-state index in [0.717, 1.165) is 5.56 Å². The third-order valence-corrected chi connectivity index (χ3v) is 4.57. The summed E-state index contributed by atoms with van der Waals surface area (Å²) in [5.41, 5.74) is 1.62. The van der Waals surface area contributed by atoms with Gasteiger partial charge in [0.15, 0.2) is 5.69 Å². The molecular formula is C17H11Cl2NO3S. The third-order valence-electron chi connectivity index (χ3n) is 3.20. The second-order valence-corrected chi connectivity index (χ2v) is 6.63. The van der Waals surface area contributed by atoms with Gasteiger partial charge in [0, 0.05) is 15.4 Å². The first-order valence-electron chi connectivity index (χ1n) is 6.89. The van der Waals surface area contributed by atoms with Crippen LogP contribution in [-0.4, -0.2) is 16.1 Å². The highest BCUT2D eigenvalue weighted by Gasteiger charge is 2.14. The number of rotatable bonds is 5. The first kappa shape index (κ1) is 16.8. The number of hydrogen-bond donors (Lipinski definition) is 1. The van der Waals surface area contributed by atoms with E-state index >= 15 is 0 Å². The van der Waals surface area contributed by atoms with E-state index in [4.69, 9.17) is 33.0 Å². The van der Waals surface area contributed by atoms with E-state index in [1.54, 1.807) is 30.3 Å². The molecule has 0 fully saturated rings. The molecule has 0 amide bonds. The fraction of sp³-hybridized carbons (Fsp3) is 0.0588. The lowest BCUT2D eigenvalue weighted by Gasteiger charge is -2.10. The van der Waals surface area contributed by atoms with Crippen molar-refractivity contribution >= 4 is 40.5 Å². The molecule has 0 saturated heterocycles. The van der Waals surface area contributed by atoms with E-state index in [1.165, 1.54) is 16.7 Å². The maximum atomic E-state index is 11.0. The van der Waals surface area contributed by atoms with Crippen molar-refractivity contribution in [1.82, 2.24) is 4.98 Å². The molecule has 1 heterocycles. The highest BCUT2D eigenvalue weighted by molar-refractivity contribution is 7.13. The quantitative estimate of drug-likeness (QED) is 0.644. The average molecular weight is 380 g/mol. The highest BCUT2D eigenvalue weighted by Crippen LogP contribution is 2.35. The predicted octanol–water partition coefficient (Wildman–Crippen LogP) is 5.39. The third kappa shape index (κ3) is 3.87. The number of nitrogens with zero attached hydrogens (tertiary/aromatic N) is 1. The van der Waals surface area contributed by atoms with Gasteiger partial charge in [-0.25, -0.2) is 9.78 Å². The summed E-state index contributed by atoms with van der Waals surface area (Å²) in [5.74, 6) is -0.483. The van der Waals surface area contributed by atoms with Crippen molar-refractivity contribution < 1.29 is 14.6 Å². The van der Waals surface area contributed by atoms with E-state index in [2.05, 4.69) is 4.98 Å². The summed E-state index contributed by atoms with van der Waals surface area (Å²) >= 11 is 13.2. The van der Waals surface area contributed by atoms with Crippen LogP contribution in [0.5, 0.6) is 5.75 Å². The molecule has 7 heteroatoms. The number of benzene rings is 2. The molecule has 3 aromatic rings. The summed E-state index contributed by atoms with van der Waals surface area (Å²) in [6.07, 6.45) is 0. The minimum absolute atomic E-state index is 0.00127. The van der Waals surface area contributed by atoms with Crippen molar-refractivity contribution in [1.29, 1.82) is 0 Å². The fourth-order valence-electron chi connectivity index (χ4n) is 2.03. The standard InChI is InChI=1S/C17H11Cl2NO3S/c18-11-3-1-10(2-4-11)8-23-15-6-5-12(19)7-13(15)16-20-14(9-24-16)17(21)22/h1-7,9H,8H2,(H,21,22). The molecule has 3 rings (SSSR count). The number of ether oxygens (including phenoxy) is 1. The van der Waals surface area contributed by atoms with Crippen molar-refractivity contribution in [2.24, 2.45) is 0 Å². The SMILES string of the molecule is O=C(O)c1csc(-c2cc(Cl)ccc2OCc2ccc(Cl)cc2)n1. The minimum Gasteiger partial charge on any atom is -0.488 e. The molecule has 0 aliphatic rings. The van der Waals surface area contributed by atoms with Crippen LogP contribution in [0.15, 0.2) is 47.8 Å². The summed E-state index contributed by atoms with van der Waals surface area (Å²) in [7, 11) is 0. The molecule has 0 saturated carbocycles. The number of carboxylic acids is 1. The van der Waals surface area contributed by atoms with E-state index < -0.39 is 5.97 Å². The Balaban J connectivity index is 1.87. The Morgan fingerprint density at radius 1 is 1.12 bits per heavy atom. The Hall–Kier alpha value is -2.08. The molecule has 4 nitrogen and oxygen atoms in total. The maximum Gasteiger partial charge on any atom is 0.355 e. The van der Waals surface area contributed by atoms with Crippen LogP contribution < -0.4 is 4.74 Å². The van der Waals surface area contributed by atoms with Gasteiger partial charge in [-0.2, -0.15) is 0 Å². The van der Waals surface area contributed by atoms with Crippen LogP contribution >= 0.6 is 34.5 Å². The first-order chi connectivity index (χ1) is 11.5. The number of hydrogen-bond acceptors (Lipinski definition) is 4. The molecule has 122 valence electrons. The Morgan fingerprint density at radius 3 is 2.50 bits per heavy atom. The number of halogens is 2. The van der Waals surface area contributed by atoms with Crippen molar-refractivity contribution in [3.63, 3.8) is 0 Å². The number of carboxylic acid groups (broad SMARTS) is 1. The zero-order valence-corrected chi connectivity index (χ0v) is 14.5. The summed E-state index contributed by atoms with van der Waals surface area (Å²) in [4.78, 5) is 15.1. The van der Waals surface area contributed by atoms with Crippen LogP contribution in [-0.2, 0) is 6.61 Å². The largest absolute Gasteiger partial charge is 0.488 e. The Labute approximate surface area is 152 Å². The van der Waals surface area contributed by atoms with Gasteiger partial charge in [-0.05, 0) is 35.9 Å².